The molecule has 2 aromatic heterocycles. The lowest BCUT2D eigenvalue weighted by Gasteiger charge is -2.36. The van der Waals surface area contributed by atoms with E-state index in [4.69, 9.17) is 9.72 Å². The van der Waals surface area contributed by atoms with Crippen LogP contribution in [0.2, 0.25) is 0 Å². The Labute approximate surface area is 359 Å². The molecule has 8 rings (SSSR count). The fourth-order valence-electron chi connectivity index (χ4n) is 8.95. The maximum atomic E-state index is 13.4. The Morgan fingerprint density at radius 3 is 2.50 bits per heavy atom. The minimum Gasteiger partial charge on any atom is -0.494 e. The first kappa shape index (κ1) is 42.0. The smallest absolute Gasteiger partial charge is 0.255 e. The Morgan fingerprint density at radius 2 is 1.76 bits per heavy atom. The summed E-state index contributed by atoms with van der Waals surface area (Å²) in [6.07, 6.45) is 6.49. The van der Waals surface area contributed by atoms with Crippen LogP contribution in [0.1, 0.15) is 97.8 Å². The van der Waals surface area contributed by atoms with Crippen LogP contribution in [0, 0.1) is 18.8 Å². The minimum atomic E-state index is -0.668. The van der Waals surface area contributed by atoms with Crippen LogP contribution in [0.5, 0.6) is 5.75 Å². The van der Waals surface area contributed by atoms with Crippen LogP contribution in [0.15, 0.2) is 53.5 Å². The highest BCUT2D eigenvalue weighted by molar-refractivity contribution is 6.05. The molecule has 322 valence electrons. The molecule has 0 spiro atoms. The number of aryl methyl sites for hydroxylation is 1. The van der Waals surface area contributed by atoms with Crippen LogP contribution in [-0.4, -0.2) is 99.2 Å². The van der Waals surface area contributed by atoms with Gasteiger partial charge >= 0.3 is 0 Å². The normalized spacial score (nSPS) is 20.0. The molecule has 2 saturated heterocycles. The van der Waals surface area contributed by atoms with Gasteiger partial charge < -0.3 is 30.1 Å². The molecule has 4 aromatic rings. The van der Waals surface area contributed by atoms with E-state index in [-0.39, 0.29) is 54.2 Å². The highest BCUT2D eigenvalue weighted by Crippen LogP contribution is 2.34. The highest BCUT2D eigenvalue weighted by atomic mass is 16.5. The number of hydrogen-bond acceptors (Lipinski definition) is 11. The average Bonchev–Trinajstić information content (AvgIpc) is 3.60. The van der Waals surface area contributed by atoms with Crippen LogP contribution >= 0.6 is 0 Å². The largest absolute Gasteiger partial charge is 0.494 e. The van der Waals surface area contributed by atoms with Gasteiger partial charge in [-0.15, -0.1) is 0 Å². The van der Waals surface area contributed by atoms with Crippen molar-refractivity contribution in [3.63, 3.8) is 0 Å². The number of piperazine rings is 1. The van der Waals surface area contributed by atoms with Gasteiger partial charge in [0.1, 0.15) is 17.4 Å². The van der Waals surface area contributed by atoms with Crippen LogP contribution in [0.4, 0.5) is 17.3 Å². The van der Waals surface area contributed by atoms with E-state index in [1.165, 1.54) is 4.90 Å². The van der Waals surface area contributed by atoms with E-state index in [9.17, 15) is 28.8 Å². The van der Waals surface area contributed by atoms with E-state index in [0.29, 0.717) is 80.5 Å². The Morgan fingerprint density at radius 1 is 0.968 bits per heavy atom. The van der Waals surface area contributed by atoms with E-state index >= 15 is 0 Å². The minimum absolute atomic E-state index is 0.0402. The first-order valence-electron chi connectivity index (χ1n) is 21.4. The molecule has 4 aliphatic rings. The number of pyridine rings is 1. The first-order valence-corrected chi connectivity index (χ1v) is 21.4. The zero-order valence-corrected chi connectivity index (χ0v) is 35.3. The van der Waals surface area contributed by atoms with Crippen LogP contribution in [0.25, 0.3) is 11.0 Å². The number of hydrogen-bond donors (Lipinski definition) is 3. The molecule has 0 radical (unpaired) electrons. The number of fused-ring (bicyclic) bond motifs is 2. The zero-order chi connectivity index (χ0) is 43.5. The van der Waals surface area contributed by atoms with Crippen LogP contribution in [0.3, 0.4) is 0 Å². The van der Waals surface area contributed by atoms with Gasteiger partial charge in [-0.1, -0.05) is 18.8 Å². The summed E-state index contributed by atoms with van der Waals surface area (Å²) in [4.78, 5) is 90.5. The van der Waals surface area contributed by atoms with Gasteiger partial charge in [0.05, 0.1) is 12.8 Å². The number of rotatable bonds is 10. The molecule has 1 saturated carbocycles. The molecule has 5 amide bonds. The van der Waals surface area contributed by atoms with Gasteiger partial charge in [-0.2, -0.15) is 4.98 Å². The van der Waals surface area contributed by atoms with Gasteiger partial charge in [0.15, 0.2) is 0 Å². The number of piperidine rings is 1. The van der Waals surface area contributed by atoms with Gasteiger partial charge in [-0.25, -0.2) is 4.98 Å². The van der Waals surface area contributed by atoms with Crippen molar-refractivity contribution in [2.45, 2.75) is 96.3 Å². The number of aromatic nitrogens is 3. The maximum Gasteiger partial charge on any atom is 0.255 e. The SMILES string of the molecule is CCC(=O)NC1CCC(n2c(=O)cc(C)c3cnc(Nc4ccc(N5CCN(C(=O)CCC#Cc6ccc7c(c6)CN(C6CCC(=O)NC6=O)C7=O)CC5)cc4OC)nc32)CC1. The molecular formula is C46H51N9O7. The number of carbonyl (C=O) groups is 5. The molecule has 3 aliphatic heterocycles. The van der Waals surface area contributed by atoms with Crippen molar-refractivity contribution < 1.29 is 28.7 Å². The van der Waals surface area contributed by atoms with Gasteiger partial charge in [-0.05, 0) is 80.5 Å². The second-order valence-electron chi connectivity index (χ2n) is 16.3. The van der Waals surface area contributed by atoms with Gasteiger partial charge in [0.2, 0.25) is 29.6 Å². The number of imide groups is 1. The Kier molecular flexibility index (Phi) is 12.2. The van der Waals surface area contributed by atoms with Crippen molar-refractivity contribution >= 4 is 57.9 Å². The van der Waals surface area contributed by atoms with Gasteiger partial charge in [0.25, 0.3) is 11.5 Å². The lowest BCUT2D eigenvalue weighted by Crippen LogP contribution is -2.52. The zero-order valence-electron chi connectivity index (χ0n) is 35.3. The molecular weight excluding hydrogens is 791 g/mol. The molecule has 3 fully saturated rings. The third-order valence-corrected chi connectivity index (χ3v) is 12.4. The average molecular weight is 842 g/mol. The molecule has 16 heteroatoms. The van der Waals surface area contributed by atoms with E-state index in [1.54, 1.807) is 36.1 Å². The summed E-state index contributed by atoms with van der Waals surface area (Å²) in [5.41, 5.74) is 4.95. The summed E-state index contributed by atoms with van der Waals surface area (Å²) in [5.74, 6) is 6.26. The lowest BCUT2D eigenvalue weighted by atomic mass is 9.90. The number of carbonyl (C=O) groups excluding carboxylic acids is 5. The summed E-state index contributed by atoms with van der Waals surface area (Å²) in [6, 6.07) is 12.3. The van der Waals surface area contributed by atoms with Crippen molar-refractivity contribution in [3.8, 4) is 17.6 Å². The highest BCUT2D eigenvalue weighted by Gasteiger charge is 2.39. The topological polar surface area (TPSA) is 188 Å². The quantitative estimate of drug-likeness (QED) is 0.154. The molecule has 62 heavy (non-hydrogen) atoms. The molecule has 1 atom stereocenters. The van der Waals surface area contributed by atoms with Gasteiger partial charge in [-0.3, -0.25) is 38.7 Å². The molecule has 1 aliphatic carbocycles. The van der Waals surface area contributed by atoms with E-state index in [1.807, 2.05) is 43.0 Å². The fourth-order valence-corrected chi connectivity index (χ4v) is 8.95. The number of anilines is 3. The van der Waals surface area contributed by atoms with Crippen LogP contribution < -0.4 is 31.1 Å². The monoisotopic (exact) mass is 841 g/mol. The predicted octanol–water partition coefficient (Wildman–Crippen LogP) is 4.10. The van der Waals surface area contributed by atoms with Crippen molar-refractivity contribution in [2.24, 2.45) is 0 Å². The number of methoxy groups -OCH3 is 1. The van der Waals surface area contributed by atoms with Crippen molar-refractivity contribution in [1.82, 2.24) is 35.0 Å². The van der Waals surface area contributed by atoms with Crippen LogP contribution in [-0.2, 0) is 25.7 Å². The Bertz CT molecular complexity index is 2560. The van der Waals surface area contributed by atoms with Crippen molar-refractivity contribution in [2.75, 3.05) is 43.5 Å². The molecule has 3 N–H and O–H groups in total. The summed E-state index contributed by atoms with van der Waals surface area (Å²) in [7, 11) is 1.61. The third kappa shape index (κ3) is 8.83. The molecule has 16 nitrogen and oxygen atoms in total. The molecule has 5 heterocycles. The lowest BCUT2D eigenvalue weighted by molar-refractivity contribution is -0.137. The van der Waals surface area contributed by atoms with E-state index < -0.39 is 11.9 Å². The summed E-state index contributed by atoms with van der Waals surface area (Å²) >= 11 is 0. The fraction of sp³-hybridized carbons (Fsp3) is 0.435. The first-order chi connectivity index (χ1) is 30.0. The summed E-state index contributed by atoms with van der Waals surface area (Å²) in [6.45, 7) is 6.45. The number of ether oxygens (including phenoxy) is 1. The Hall–Kier alpha value is -6.76. The summed E-state index contributed by atoms with van der Waals surface area (Å²) < 4.78 is 7.58. The van der Waals surface area contributed by atoms with E-state index in [2.05, 4.69) is 37.7 Å². The molecule has 2 aromatic carbocycles. The molecule has 0 bridgehead atoms. The van der Waals surface area contributed by atoms with Crippen molar-refractivity contribution in [1.29, 1.82) is 0 Å². The number of nitrogens with zero attached hydrogens (tertiary/aromatic N) is 6. The predicted molar refractivity (Wildman–Crippen MR) is 232 cm³/mol. The Balaban J connectivity index is 0.849. The summed E-state index contributed by atoms with van der Waals surface area (Å²) in [5, 5.41) is 9.53. The molecule has 1 unspecified atom stereocenters. The second-order valence-corrected chi connectivity index (χ2v) is 16.3. The second kappa shape index (κ2) is 18.1. The standard InChI is InChI=1S/C46H51N9O7/c1-4-39(56)48-31-10-12-32(13-11-31)55-42(59)23-28(2)35-26-47-46(51-43(35)55)49-36-16-14-33(25-38(36)62-3)52-19-21-53(22-20-52)41(58)8-6-5-7-29-9-15-34-30(24-29)27-54(45(34)61)37-17-18-40(57)50-44(37)60/h9,14-16,23-26,31-32,37H,4,6,8,10-13,17-22,27H2,1-3H3,(H,48,56)(H,47,49,51)(H,50,57,60). The van der Waals surface area contributed by atoms with Crippen molar-refractivity contribution in [3.05, 3.63) is 81.3 Å². The number of nitrogens with one attached hydrogen (secondary N) is 3. The number of amides is 5. The van der Waals surface area contributed by atoms with Gasteiger partial charge in [0, 0.05) is 111 Å². The maximum absolute atomic E-state index is 13.4. The number of benzene rings is 2. The third-order valence-electron chi connectivity index (χ3n) is 12.4. The van der Waals surface area contributed by atoms with E-state index in [0.717, 1.165) is 53.4 Å².